The Morgan fingerprint density at radius 1 is 0.493 bits per heavy atom. The molecular formula is C68H60N4O. The lowest BCUT2D eigenvalue weighted by Crippen LogP contribution is -2.56. The lowest BCUT2D eigenvalue weighted by molar-refractivity contribution is -0.0418. The summed E-state index contributed by atoms with van der Waals surface area (Å²) in [7, 11) is 0. The van der Waals surface area contributed by atoms with Crippen LogP contribution in [-0.4, -0.2) is 16.2 Å². The third-order valence-electron chi connectivity index (χ3n) is 17.3. The van der Waals surface area contributed by atoms with E-state index in [1.54, 1.807) is 0 Å². The van der Waals surface area contributed by atoms with Crippen molar-refractivity contribution in [3.05, 3.63) is 229 Å². The molecule has 15 rings (SSSR count). The Hall–Kier alpha value is -7.89. The van der Waals surface area contributed by atoms with Gasteiger partial charge in [0.25, 0.3) is 0 Å². The lowest BCUT2D eigenvalue weighted by Gasteiger charge is -2.62. The maximum absolute atomic E-state index is 7.15. The van der Waals surface area contributed by atoms with Gasteiger partial charge in [-0.1, -0.05) is 160 Å². The van der Waals surface area contributed by atoms with E-state index in [4.69, 9.17) is 9.72 Å². The van der Waals surface area contributed by atoms with Crippen molar-refractivity contribution in [3.8, 4) is 39.6 Å². The van der Waals surface area contributed by atoms with E-state index in [9.17, 15) is 0 Å². The zero-order valence-electron chi connectivity index (χ0n) is 42.0. The number of hydrogen-bond donors (Lipinski definition) is 0. The number of ether oxygens (including phenoxy) is 1. The largest absolute Gasteiger partial charge is 0.457 e. The third kappa shape index (κ3) is 7.22. The fourth-order valence-corrected chi connectivity index (χ4v) is 14.3. The second-order valence-corrected chi connectivity index (χ2v) is 22.5. The summed E-state index contributed by atoms with van der Waals surface area (Å²) in [6.45, 7) is 7.50. The molecule has 73 heavy (non-hydrogen) atoms. The van der Waals surface area contributed by atoms with Gasteiger partial charge in [0.1, 0.15) is 24.0 Å². The lowest BCUT2D eigenvalue weighted by atomic mass is 9.42. The summed E-state index contributed by atoms with van der Waals surface area (Å²) in [6.07, 6.45) is 8.82. The third-order valence-corrected chi connectivity index (χ3v) is 17.3. The molecule has 4 bridgehead atoms. The van der Waals surface area contributed by atoms with Crippen molar-refractivity contribution in [2.45, 2.75) is 63.7 Å². The molecule has 0 unspecified atom stereocenters. The number of benzene rings is 8. The van der Waals surface area contributed by atoms with Crippen molar-refractivity contribution in [2.75, 3.05) is 16.5 Å². The summed E-state index contributed by atoms with van der Waals surface area (Å²) in [6, 6.07) is 75.7. The quantitative estimate of drug-likeness (QED) is 0.144. The van der Waals surface area contributed by atoms with Gasteiger partial charge in [0.2, 0.25) is 0 Å². The number of rotatable bonds is 9. The fraction of sp³-hybridized carbons (Fsp3) is 0.221. The van der Waals surface area contributed by atoms with Crippen LogP contribution in [0.2, 0.25) is 0 Å². The average molecular weight is 949 g/mol. The number of para-hydroxylation sites is 4. The SMILES string of the molecule is CC(C)(C)c1cc(Oc2ccc3c4ccccc4n(-c4cc(C5(c6ccccc6)C6CC7CC(C6)CC5C7)ccn4)c3c2)cc(N2CN(c3c(-c4ccccc4)cccc3-c3ccccc3)c3ccccc32)c1. The van der Waals surface area contributed by atoms with Crippen LogP contribution in [0, 0.1) is 23.7 Å². The van der Waals surface area contributed by atoms with Crippen LogP contribution in [0.4, 0.5) is 22.7 Å². The van der Waals surface area contributed by atoms with E-state index in [0.717, 1.165) is 51.6 Å². The van der Waals surface area contributed by atoms with Crippen LogP contribution in [0.15, 0.2) is 212 Å². The predicted molar refractivity (Wildman–Crippen MR) is 301 cm³/mol. The van der Waals surface area contributed by atoms with Crippen molar-refractivity contribution in [1.29, 1.82) is 0 Å². The highest BCUT2D eigenvalue weighted by atomic mass is 16.5. The van der Waals surface area contributed by atoms with Gasteiger partial charge in [-0.15, -0.1) is 0 Å². The highest BCUT2D eigenvalue weighted by Gasteiger charge is 2.58. The Labute approximate surface area is 429 Å². The molecule has 4 fully saturated rings. The molecule has 0 radical (unpaired) electrons. The number of pyridine rings is 1. The first kappa shape index (κ1) is 43.9. The number of aromatic nitrogens is 2. The summed E-state index contributed by atoms with van der Waals surface area (Å²) in [5, 5.41) is 2.40. The van der Waals surface area contributed by atoms with E-state index < -0.39 is 0 Å². The topological polar surface area (TPSA) is 33.5 Å². The van der Waals surface area contributed by atoms with E-state index in [-0.39, 0.29) is 10.8 Å². The minimum absolute atomic E-state index is 0.0163. The molecule has 0 atom stereocenters. The van der Waals surface area contributed by atoms with Gasteiger partial charge in [0.15, 0.2) is 0 Å². The summed E-state index contributed by atoms with van der Waals surface area (Å²) in [4.78, 5) is 10.2. The van der Waals surface area contributed by atoms with Crippen LogP contribution in [0.25, 0.3) is 49.9 Å². The minimum Gasteiger partial charge on any atom is -0.457 e. The van der Waals surface area contributed by atoms with E-state index in [0.29, 0.717) is 18.5 Å². The van der Waals surface area contributed by atoms with Gasteiger partial charge in [-0.3, -0.25) is 4.57 Å². The van der Waals surface area contributed by atoms with Crippen LogP contribution in [-0.2, 0) is 10.8 Å². The number of nitrogens with zero attached hydrogens (tertiary/aromatic N) is 4. The van der Waals surface area contributed by atoms with Crippen molar-refractivity contribution in [3.63, 3.8) is 0 Å². The molecule has 0 saturated heterocycles. The molecule has 358 valence electrons. The Balaban J connectivity index is 0.868. The molecule has 0 amide bonds. The molecule has 10 aromatic rings. The van der Waals surface area contributed by atoms with Gasteiger partial charge in [0.05, 0.1) is 28.1 Å². The highest BCUT2D eigenvalue weighted by Crippen LogP contribution is 2.65. The Morgan fingerprint density at radius 2 is 1.10 bits per heavy atom. The number of hydrogen-bond acceptors (Lipinski definition) is 4. The van der Waals surface area contributed by atoms with E-state index >= 15 is 0 Å². The van der Waals surface area contributed by atoms with Crippen LogP contribution in [0.1, 0.15) is 69.6 Å². The second kappa shape index (κ2) is 17.1. The molecule has 4 saturated carbocycles. The van der Waals surface area contributed by atoms with Gasteiger partial charge in [-0.2, -0.15) is 0 Å². The van der Waals surface area contributed by atoms with Gasteiger partial charge in [-0.05, 0) is 144 Å². The average Bonchev–Trinajstić information content (AvgIpc) is 3.97. The summed E-state index contributed by atoms with van der Waals surface area (Å²) >= 11 is 0. The van der Waals surface area contributed by atoms with Crippen LogP contribution < -0.4 is 14.5 Å². The number of anilines is 4. The smallest absolute Gasteiger partial charge is 0.137 e. The van der Waals surface area contributed by atoms with Crippen molar-refractivity contribution in [2.24, 2.45) is 23.7 Å². The van der Waals surface area contributed by atoms with Gasteiger partial charge >= 0.3 is 0 Å². The molecule has 5 heteroatoms. The summed E-state index contributed by atoms with van der Waals surface area (Å²) < 4.78 is 9.53. The highest BCUT2D eigenvalue weighted by molar-refractivity contribution is 6.09. The molecule has 8 aromatic carbocycles. The molecule has 1 aliphatic heterocycles. The first-order valence-electron chi connectivity index (χ1n) is 26.5. The first-order chi connectivity index (χ1) is 35.8. The van der Waals surface area contributed by atoms with Gasteiger partial charge in [0, 0.05) is 51.3 Å². The second-order valence-electron chi connectivity index (χ2n) is 22.5. The van der Waals surface area contributed by atoms with E-state index in [2.05, 4.69) is 248 Å². The first-order valence-corrected chi connectivity index (χ1v) is 26.5. The van der Waals surface area contributed by atoms with Crippen molar-refractivity contribution >= 4 is 44.6 Å². The molecular weight excluding hydrogens is 889 g/mol. The Bertz CT molecular complexity index is 3620. The van der Waals surface area contributed by atoms with E-state index in [1.807, 2.05) is 0 Å². The maximum Gasteiger partial charge on any atom is 0.137 e. The Kier molecular flexibility index (Phi) is 10.3. The number of fused-ring (bicyclic) bond motifs is 4. The van der Waals surface area contributed by atoms with Gasteiger partial charge < -0.3 is 14.5 Å². The van der Waals surface area contributed by atoms with Crippen LogP contribution in [0.3, 0.4) is 0 Å². The maximum atomic E-state index is 7.15. The molecule has 2 aromatic heterocycles. The zero-order chi connectivity index (χ0) is 48.8. The minimum atomic E-state index is -0.144. The van der Waals surface area contributed by atoms with Crippen LogP contribution in [0.5, 0.6) is 11.5 Å². The zero-order valence-corrected chi connectivity index (χ0v) is 42.0. The van der Waals surface area contributed by atoms with E-state index in [1.165, 1.54) is 93.2 Å². The molecule has 5 nitrogen and oxygen atoms in total. The molecule has 3 heterocycles. The Morgan fingerprint density at radius 3 is 1.77 bits per heavy atom. The predicted octanol–water partition coefficient (Wildman–Crippen LogP) is 17.6. The standard InChI is InChI=1S/C68H60N4O/c1-67(2,3)51-39-54(70-44-71(63-29-16-15-28-62(63)70)66-57(47-18-7-4-8-19-47)25-17-26-58(66)48-20-9-5-10-21-48)42-56(40-51)73-55-30-31-60-59-24-13-14-27-61(59)72(64(60)43-55)65-41-50(32-33-69-65)68(49-22-11-6-12-23-49)52-35-45-34-46(37-52)38-53(68)36-45/h4-33,39-43,45-46,52-53H,34-38,44H2,1-3H3. The summed E-state index contributed by atoms with van der Waals surface area (Å²) in [5.74, 6) is 5.58. The fourth-order valence-electron chi connectivity index (χ4n) is 14.3. The normalized spacial score (nSPS) is 21.0. The molecule has 0 N–H and O–H groups in total. The van der Waals surface area contributed by atoms with Crippen molar-refractivity contribution in [1.82, 2.24) is 9.55 Å². The summed E-state index contributed by atoms with van der Waals surface area (Å²) in [5.41, 5.74) is 15.6. The molecule has 5 aliphatic rings. The van der Waals surface area contributed by atoms with Crippen LogP contribution >= 0.6 is 0 Å². The molecule has 0 spiro atoms. The van der Waals surface area contributed by atoms with Crippen molar-refractivity contribution < 1.29 is 4.74 Å². The monoisotopic (exact) mass is 948 g/mol. The molecule has 4 aliphatic carbocycles. The van der Waals surface area contributed by atoms with Gasteiger partial charge in [-0.25, -0.2) is 4.98 Å².